The molecule has 0 spiro atoms. The van der Waals surface area contributed by atoms with E-state index in [1.807, 2.05) is 32.0 Å². The molecule has 0 saturated carbocycles. The Hall–Kier alpha value is -3.82. The second kappa shape index (κ2) is 8.27. The van der Waals surface area contributed by atoms with Gasteiger partial charge in [-0.3, -0.25) is 14.2 Å². The Morgan fingerprint density at radius 3 is 2.45 bits per heavy atom. The predicted molar refractivity (Wildman–Crippen MR) is 126 cm³/mol. The fourth-order valence-electron chi connectivity index (χ4n) is 4.01. The number of fused-ring (bicyclic) bond motifs is 1. The van der Waals surface area contributed by atoms with Crippen molar-refractivity contribution in [2.24, 2.45) is 0 Å². The molecule has 0 aliphatic carbocycles. The minimum absolute atomic E-state index is 0.0592. The molecule has 33 heavy (non-hydrogen) atoms. The number of carbonyl (C=O) groups is 1. The van der Waals surface area contributed by atoms with Gasteiger partial charge in [0, 0.05) is 16.0 Å². The standard InChI is InChI=1S/C26H21ClN2O4/c1-13-9-10-18-16(4)24(33-23(18)14(13)2)22(30)21-15(3)19(11-28)25(31)29(26(21)32)12-17-7-5-6-8-20(17)27/h5-10,32H,12H2,1-4H3. The highest BCUT2D eigenvalue weighted by Gasteiger charge is 2.29. The highest BCUT2D eigenvalue weighted by Crippen LogP contribution is 2.33. The molecule has 2 aromatic carbocycles. The number of aryl methyl sites for hydroxylation is 3. The first-order valence-electron chi connectivity index (χ1n) is 10.3. The minimum atomic E-state index is -0.697. The average Bonchev–Trinajstić information content (AvgIpc) is 3.12. The Morgan fingerprint density at radius 2 is 1.79 bits per heavy atom. The number of hydrogen-bond donors (Lipinski definition) is 1. The van der Waals surface area contributed by atoms with Gasteiger partial charge in [-0.1, -0.05) is 41.9 Å². The predicted octanol–water partition coefficient (Wildman–Crippen LogP) is 5.34. The van der Waals surface area contributed by atoms with E-state index in [9.17, 15) is 20.0 Å². The summed E-state index contributed by atoms with van der Waals surface area (Å²) < 4.78 is 6.96. The van der Waals surface area contributed by atoms with Crippen molar-refractivity contribution in [1.29, 1.82) is 5.26 Å². The number of rotatable bonds is 4. The average molecular weight is 461 g/mol. The van der Waals surface area contributed by atoms with E-state index < -0.39 is 17.2 Å². The van der Waals surface area contributed by atoms with Crippen LogP contribution < -0.4 is 5.56 Å². The molecule has 7 heteroatoms. The summed E-state index contributed by atoms with van der Waals surface area (Å²) in [5, 5.41) is 21.9. The summed E-state index contributed by atoms with van der Waals surface area (Å²) >= 11 is 6.23. The molecule has 0 amide bonds. The first-order valence-corrected chi connectivity index (χ1v) is 10.7. The third-order valence-electron chi connectivity index (χ3n) is 6.15. The van der Waals surface area contributed by atoms with Gasteiger partial charge in [-0.2, -0.15) is 5.26 Å². The van der Waals surface area contributed by atoms with Crippen LogP contribution in [0.25, 0.3) is 11.0 Å². The first-order chi connectivity index (χ1) is 15.7. The fraction of sp³-hybridized carbons (Fsp3) is 0.192. The van der Waals surface area contributed by atoms with Crippen LogP contribution in [0, 0.1) is 39.0 Å². The van der Waals surface area contributed by atoms with Crippen molar-refractivity contribution in [2.45, 2.75) is 34.2 Å². The molecule has 166 valence electrons. The Kier molecular flexibility index (Phi) is 5.61. The number of benzene rings is 2. The van der Waals surface area contributed by atoms with Gasteiger partial charge in [-0.15, -0.1) is 0 Å². The van der Waals surface area contributed by atoms with Crippen LogP contribution in [-0.2, 0) is 6.54 Å². The Balaban J connectivity index is 1.96. The Morgan fingerprint density at radius 1 is 1.09 bits per heavy atom. The smallest absolute Gasteiger partial charge is 0.271 e. The lowest BCUT2D eigenvalue weighted by molar-refractivity contribution is 0.101. The third kappa shape index (κ3) is 3.51. The highest BCUT2D eigenvalue weighted by molar-refractivity contribution is 6.31. The zero-order valence-corrected chi connectivity index (χ0v) is 19.4. The van der Waals surface area contributed by atoms with E-state index in [0.717, 1.165) is 21.1 Å². The maximum absolute atomic E-state index is 13.6. The zero-order valence-electron chi connectivity index (χ0n) is 18.6. The van der Waals surface area contributed by atoms with Gasteiger partial charge in [0.2, 0.25) is 11.7 Å². The molecule has 2 heterocycles. The highest BCUT2D eigenvalue weighted by atomic mass is 35.5. The SMILES string of the molecule is Cc1ccc2c(C)c(C(=O)c3c(C)c(C#N)c(=O)n(Cc4ccccc4Cl)c3O)oc2c1C. The lowest BCUT2D eigenvalue weighted by Crippen LogP contribution is -2.27. The maximum atomic E-state index is 13.6. The number of halogens is 1. The molecule has 0 bridgehead atoms. The topological polar surface area (TPSA) is 96.2 Å². The number of ketones is 1. The van der Waals surface area contributed by atoms with Gasteiger partial charge in [0.1, 0.15) is 17.2 Å². The third-order valence-corrected chi connectivity index (χ3v) is 6.51. The van der Waals surface area contributed by atoms with Crippen molar-refractivity contribution < 1.29 is 14.3 Å². The van der Waals surface area contributed by atoms with Crippen LogP contribution in [-0.4, -0.2) is 15.5 Å². The van der Waals surface area contributed by atoms with E-state index in [-0.39, 0.29) is 29.0 Å². The van der Waals surface area contributed by atoms with Gasteiger partial charge in [0.25, 0.3) is 5.56 Å². The number of pyridine rings is 1. The summed E-state index contributed by atoms with van der Waals surface area (Å²) in [6.07, 6.45) is 0. The van der Waals surface area contributed by atoms with E-state index in [0.29, 0.717) is 21.7 Å². The zero-order chi connectivity index (χ0) is 24.0. The van der Waals surface area contributed by atoms with E-state index >= 15 is 0 Å². The second-order valence-corrected chi connectivity index (χ2v) is 8.47. The number of nitriles is 1. The molecule has 0 unspecified atom stereocenters. The molecule has 4 rings (SSSR count). The summed E-state index contributed by atoms with van der Waals surface area (Å²) in [6.45, 7) is 7.01. The van der Waals surface area contributed by atoms with Gasteiger partial charge in [0.05, 0.1) is 12.1 Å². The van der Waals surface area contributed by atoms with Gasteiger partial charge in [-0.05, 0) is 56.0 Å². The first kappa shape index (κ1) is 22.4. The largest absolute Gasteiger partial charge is 0.494 e. The number of furan rings is 1. The Labute approximate surface area is 195 Å². The maximum Gasteiger partial charge on any atom is 0.271 e. The van der Waals surface area contributed by atoms with Crippen molar-refractivity contribution >= 4 is 28.4 Å². The van der Waals surface area contributed by atoms with E-state index in [4.69, 9.17) is 16.0 Å². The molecule has 4 aromatic rings. The molecule has 2 aromatic heterocycles. The lowest BCUT2D eigenvalue weighted by Gasteiger charge is -2.15. The molecule has 1 N–H and O–H groups in total. The summed E-state index contributed by atoms with van der Waals surface area (Å²) in [5.41, 5.74) is 2.76. The normalized spacial score (nSPS) is 11.0. The van der Waals surface area contributed by atoms with Gasteiger partial charge < -0.3 is 9.52 Å². The van der Waals surface area contributed by atoms with E-state index in [1.165, 1.54) is 6.92 Å². The van der Waals surface area contributed by atoms with Crippen molar-refractivity contribution in [3.8, 4) is 11.9 Å². The number of nitrogens with zero attached hydrogens (tertiary/aromatic N) is 2. The number of carbonyl (C=O) groups excluding carboxylic acids is 1. The summed E-state index contributed by atoms with van der Waals surface area (Å²) in [7, 11) is 0. The molecule has 6 nitrogen and oxygen atoms in total. The van der Waals surface area contributed by atoms with Crippen molar-refractivity contribution in [2.75, 3.05) is 0 Å². The fourth-order valence-corrected chi connectivity index (χ4v) is 4.21. The molecule has 0 atom stereocenters. The van der Waals surface area contributed by atoms with Crippen LogP contribution in [0.15, 0.2) is 45.6 Å². The van der Waals surface area contributed by atoms with Crippen LogP contribution in [0.4, 0.5) is 0 Å². The van der Waals surface area contributed by atoms with Crippen LogP contribution in [0.2, 0.25) is 5.02 Å². The van der Waals surface area contributed by atoms with E-state index in [2.05, 4.69) is 0 Å². The van der Waals surface area contributed by atoms with Crippen molar-refractivity contribution in [3.05, 3.63) is 96.5 Å². The van der Waals surface area contributed by atoms with Crippen LogP contribution >= 0.6 is 11.6 Å². The second-order valence-electron chi connectivity index (χ2n) is 8.06. The van der Waals surface area contributed by atoms with Crippen LogP contribution in [0.1, 0.15) is 49.5 Å². The summed E-state index contributed by atoms with van der Waals surface area (Å²) in [6, 6.07) is 12.6. The number of hydrogen-bond acceptors (Lipinski definition) is 5. The van der Waals surface area contributed by atoms with Crippen molar-refractivity contribution in [3.63, 3.8) is 0 Å². The van der Waals surface area contributed by atoms with Crippen molar-refractivity contribution in [1.82, 2.24) is 4.57 Å². The molecule has 0 radical (unpaired) electrons. The molecular formula is C26H21ClN2O4. The Bertz CT molecular complexity index is 1550. The van der Waals surface area contributed by atoms with Crippen LogP contribution in [0.5, 0.6) is 5.88 Å². The molecular weight excluding hydrogens is 440 g/mol. The summed E-state index contributed by atoms with van der Waals surface area (Å²) in [4.78, 5) is 26.6. The minimum Gasteiger partial charge on any atom is -0.494 e. The number of aromatic nitrogens is 1. The number of aromatic hydroxyl groups is 1. The van der Waals surface area contributed by atoms with E-state index in [1.54, 1.807) is 31.2 Å². The lowest BCUT2D eigenvalue weighted by atomic mass is 9.98. The molecule has 0 fully saturated rings. The van der Waals surface area contributed by atoms with Gasteiger partial charge >= 0.3 is 0 Å². The van der Waals surface area contributed by atoms with Crippen LogP contribution in [0.3, 0.4) is 0 Å². The van der Waals surface area contributed by atoms with Gasteiger partial charge in [0.15, 0.2) is 5.76 Å². The quantitative estimate of drug-likeness (QED) is 0.415. The summed E-state index contributed by atoms with van der Waals surface area (Å²) in [5.74, 6) is -1.07. The molecule has 0 saturated heterocycles. The monoisotopic (exact) mass is 460 g/mol. The molecule has 0 aliphatic heterocycles. The molecule has 0 aliphatic rings. The van der Waals surface area contributed by atoms with Gasteiger partial charge in [-0.25, -0.2) is 0 Å².